The smallest absolute Gasteiger partial charge is 0.274 e. The fraction of sp³-hybridized carbons (Fsp3) is 0.143. The van der Waals surface area contributed by atoms with E-state index < -0.39 is 5.82 Å². The van der Waals surface area contributed by atoms with Crippen molar-refractivity contribution in [1.82, 2.24) is 5.43 Å². The van der Waals surface area contributed by atoms with Crippen LogP contribution < -0.4 is 5.43 Å². The van der Waals surface area contributed by atoms with Gasteiger partial charge in [0.2, 0.25) is 0 Å². The summed E-state index contributed by atoms with van der Waals surface area (Å²) in [5.41, 5.74) is 3.06. The molecule has 1 N–H and O–H groups in total. The summed E-state index contributed by atoms with van der Waals surface area (Å²) in [6.45, 7) is 3.45. The van der Waals surface area contributed by atoms with Gasteiger partial charge in [-0.25, -0.2) is 9.82 Å². The molecule has 1 aromatic carbocycles. The summed E-state index contributed by atoms with van der Waals surface area (Å²) < 4.78 is 18.5. The summed E-state index contributed by atoms with van der Waals surface area (Å²) in [5, 5.41) is 3.72. The van der Waals surface area contributed by atoms with Gasteiger partial charge in [0.15, 0.2) is 0 Å². The van der Waals surface area contributed by atoms with E-state index in [0.29, 0.717) is 22.6 Å². The lowest BCUT2D eigenvalue weighted by Crippen LogP contribution is -2.17. The fourth-order valence-corrected chi connectivity index (χ4v) is 1.66. The number of carbonyl (C=O) groups is 1. The summed E-state index contributed by atoms with van der Waals surface area (Å²) in [5.74, 6) is 0.398. The standard InChI is InChI=1S/C14H13FN2O2/c1-9-7-12(10(2)19-9)14(18)17-16-8-11-5-3-4-6-13(11)15/h3-8H,1-2H3,(H,17,18). The molecule has 1 aromatic heterocycles. The molecule has 4 nitrogen and oxygen atoms in total. The number of carbonyl (C=O) groups excluding carboxylic acids is 1. The molecule has 0 saturated carbocycles. The average Bonchev–Trinajstić information content (AvgIpc) is 2.71. The Hall–Kier alpha value is -2.43. The van der Waals surface area contributed by atoms with Crippen molar-refractivity contribution in [2.24, 2.45) is 5.10 Å². The van der Waals surface area contributed by atoms with Crippen molar-refractivity contribution < 1.29 is 13.6 Å². The van der Waals surface area contributed by atoms with Gasteiger partial charge in [-0.15, -0.1) is 0 Å². The zero-order valence-corrected chi connectivity index (χ0v) is 10.6. The Balaban J connectivity index is 2.05. The number of hydrogen-bond acceptors (Lipinski definition) is 3. The Bertz CT molecular complexity index is 632. The van der Waals surface area contributed by atoms with Crippen LogP contribution in [0.2, 0.25) is 0 Å². The third-order valence-corrected chi connectivity index (χ3v) is 2.56. The molecule has 0 spiro atoms. The van der Waals surface area contributed by atoms with E-state index in [9.17, 15) is 9.18 Å². The van der Waals surface area contributed by atoms with Crippen LogP contribution in [0.4, 0.5) is 4.39 Å². The van der Waals surface area contributed by atoms with E-state index in [4.69, 9.17) is 4.42 Å². The van der Waals surface area contributed by atoms with Crippen LogP contribution in [0.3, 0.4) is 0 Å². The average molecular weight is 260 g/mol. The van der Waals surface area contributed by atoms with Crippen LogP contribution in [-0.4, -0.2) is 12.1 Å². The number of furan rings is 1. The number of hydrogen-bond donors (Lipinski definition) is 1. The molecule has 2 aromatic rings. The SMILES string of the molecule is Cc1cc(C(=O)NN=Cc2ccccc2F)c(C)o1. The molecule has 0 bridgehead atoms. The van der Waals surface area contributed by atoms with Gasteiger partial charge >= 0.3 is 0 Å². The highest BCUT2D eigenvalue weighted by Crippen LogP contribution is 2.13. The molecule has 1 amide bonds. The van der Waals surface area contributed by atoms with Crippen LogP contribution in [0, 0.1) is 19.7 Å². The number of nitrogens with zero attached hydrogens (tertiary/aromatic N) is 1. The largest absolute Gasteiger partial charge is 0.466 e. The molecule has 0 aliphatic heterocycles. The second kappa shape index (κ2) is 5.48. The van der Waals surface area contributed by atoms with Crippen molar-refractivity contribution >= 4 is 12.1 Å². The molecule has 1 heterocycles. The van der Waals surface area contributed by atoms with Gasteiger partial charge in [0, 0.05) is 5.56 Å². The number of amides is 1. The van der Waals surface area contributed by atoms with Crippen molar-refractivity contribution in [2.45, 2.75) is 13.8 Å². The van der Waals surface area contributed by atoms with Crippen LogP contribution in [0.25, 0.3) is 0 Å². The van der Waals surface area contributed by atoms with Crippen molar-refractivity contribution in [1.29, 1.82) is 0 Å². The van der Waals surface area contributed by atoms with Crippen LogP contribution in [0.5, 0.6) is 0 Å². The summed E-state index contributed by atoms with van der Waals surface area (Å²) in [6.07, 6.45) is 1.26. The summed E-state index contributed by atoms with van der Waals surface area (Å²) >= 11 is 0. The number of rotatable bonds is 3. The molecule has 0 aliphatic rings. The predicted molar refractivity (Wildman–Crippen MR) is 69.6 cm³/mol. The topological polar surface area (TPSA) is 54.6 Å². The number of hydrazone groups is 1. The Morgan fingerprint density at radius 2 is 2.11 bits per heavy atom. The molecule has 0 aliphatic carbocycles. The zero-order chi connectivity index (χ0) is 13.8. The molecule has 0 saturated heterocycles. The minimum Gasteiger partial charge on any atom is -0.466 e. The number of aryl methyl sites for hydroxylation is 2. The van der Waals surface area contributed by atoms with Crippen LogP contribution in [0.1, 0.15) is 27.4 Å². The van der Waals surface area contributed by atoms with Crippen molar-refractivity contribution in [3.63, 3.8) is 0 Å². The Morgan fingerprint density at radius 1 is 1.37 bits per heavy atom. The van der Waals surface area contributed by atoms with Gasteiger partial charge in [-0.05, 0) is 26.0 Å². The van der Waals surface area contributed by atoms with E-state index in [1.165, 1.54) is 12.3 Å². The molecule has 19 heavy (non-hydrogen) atoms. The fourth-order valence-electron chi connectivity index (χ4n) is 1.66. The molecule has 2 rings (SSSR count). The first-order valence-corrected chi connectivity index (χ1v) is 5.73. The van der Waals surface area contributed by atoms with E-state index in [0.717, 1.165) is 0 Å². The van der Waals surface area contributed by atoms with Crippen LogP contribution in [0.15, 0.2) is 39.9 Å². The van der Waals surface area contributed by atoms with Gasteiger partial charge in [-0.1, -0.05) is 18.2 Å². The van der Waals surface area contributed by atoms with Crippen molar-refractivity contribution in [3.8, 4) is 0 Å². The highest BCUT2D eigenvalue weighted by atomic mass is 19.1. The number of benzene rings is 1. The maximum absolute atomic E-state index is 13.3. The van der Waals surface area contributed by atoms with Crippen molar-refractivity contribution in [2.75, 3.05) is 0 Å². The van der Waals surface area contributed by atoms with E-state index in [-0.39, 0.29) is 5.91 Å². The zero-order valence-electron chi connectivity index (χ0n) is 10.6. The molecule has 0 radical (unpaired) electrons. The number of nitrogens with one attached hydrogen (secondary N) is 1. The maximum Gasteiger partial charge on any atom is 0.274 e. The number of halogens is 1. The van der Waals surface area contributed by atoms with Gasteiger partial charge in [0.25, 0.3) is 5.91 Å². The first kappa shape index (κ1) is 13.0. The molecule has 98 valence electrons. The third-order valence-electron chi connectivity index (χ3n) is 2.56. The molecular weight excluding hydrogens is 247 g/mol. The van der Waals surface area contributed by atoms with Gasteiger partial charge in [0.05, 0.1) is 11.8 Å². The lowest BCUT2D eigenvalue weighted by Gasteiger charge is -1.98. The Kier molecular flexibility index (Phi) is 3.75. The van der Waals surface area contributed by atoms with Crippen molar-refractivity contribution in [3.05, 3.63) is 58.8 Å². The minimum absolute atomic E-state index is 0.308. The Labute approximate surface area is 109 Å². The monoisotopic (exact) mass is 260 g/mol. The second-order valence-corrected chi connectivity index (χ2v) is 4.05. The molecule has 0 unspecified atom stereocenters. The molecule has 0 fully saturated rings. The highest BCUT2D eigenvalue weighted by molar-refractivity contribution is 5.95. The molecule has 5 heteroatoms. The van der Waals surface area contributed by atoms with E-state index >= 15 is 0 Å². The Morgan fingerprint density at radius 3 is 2.74 bits per heavy atom. The van der Waals surface area contributed by atoms with E-state index in [1.54, 1.807) is 38.1 Å². The summed E-state index contributed by atoms with van der Waals surface area (Å²) in [4.78, 5) is 11.8. The summed E-state index contributed by atoms with van der Waals surface area (Å²) in [6, 6.07) is 7.80. The van der Waals surface area contributed by atoms with E-state index in [1.807, 2.05) is 0 Å². The lowest BCUT2D eigenvalue weighted by atomic mass is 10.2. The van der Waals surface area contributed by atoms with Gasteiger partial charge in [-0.2, -0.15) is 5.10 Å². The van der Waals surface area contributed by atoms with Gasteiger partial charge < -0.3 is 4.42 Å². The molecular formula is C14H13FN2O2. The quantitative estimate of drug-likeness (QED) is 0.681. The van der Waals surface area contributed by atoms with Crippen LogP contribution in [-0.2, 0) is 0 Å². The predicted octanol–water partition coefficient (Wildman–Crippen LogP) is 2.80. The van der Waals surface area contributed by atoms with E-state index in [2.05, 4.69) is 10.5 Å². The van der Waals surface area contributed by atoms with Gasteiger partial charge in [-0.3, -0.25) is 4.79 Å². The van der Waals surface area contributed by atoms with Crippen LogP contribution >= 0.6 is 0 Å². The molecule has 0 atom stereocenters. The lowest BCUT2D eigenvalue weighted by molar-refractivity contribution is 0.0953. The first-order chi connectivity index (χ1) is 9.08. The third kappa shape index (κ3) is 3.07. The highest BCUT2D eigenvalue weighted by Gasteiger charge is 2.12. The van der Waals surface area contributed by atoms with Gasteiger partial charge in [0.1, 0.15) is 17.3 Å². The first-order valence-electron chi connectivity index (χ1n) is 5.73. The normalized spacial score (nSPS) is 10.9. The second-order valence-electron chi connectivity index (χ2n) is 4.05. The minimum atomic E-state index is -0.393. The summed E-state index contributed by atoms with van der Waals surface area (Å²) in [7, 11) is 0. The maximum atomic E-state index is 13.3.